The number of allylic oxidation sites excluding steroid dienone is 3. The fraction of sp³-hybridized carbons (Fsp3) is 0.150. The van der Waals surface area contributed by atoms with E-state index < -0.39 is 11.9 Å². The lowest BCUT2D eigenvalue weighted by Gasteiger charge is -2.10. The Hall–Kier alpha value is -2.35. The normalized spacial score (nSPS) is 13.2. The Morgan fingerprint density at radius 2 is 1.86 bits per heavy atom. The average Bonchev–Trinajstić information content (AvgIpc) is 3.33. The number of alkyl halides is 3. The molecule has 0 saturated carbocycles. The number of hydrogen-bond donors (Lipinski definition) is 1. The van der Waals surface area contributed by atoms with Gasteiger partial charge in [0.2, 0.25) is 0 Å². The molecule has 3 rings (SSSR count). The van der Waals surface area contributed by atoms with Crippen molar-refractivity contribution in [3.8, 4) is 21.0 Å². The zero-order valence-electron chi connectivity index (χ0n) is 14.7. The van der Waals surface area contributed by atoms with Gasteiger partial charge in [-0.2, -0.15) is 18.3 Å². The van der Waals surface area contributed by atoms with Crippen LogP contribution in [0.4, 0.5) is 13.2 Å². The summed E-state index contributed by atoms with van der Waals surface area (Å²) in [6, 6.07) is 14.2. The lowest BCUT2D eigenvalue weighted by atomic mass is 10.2. The number of hydrogen-bond acceptors (Lipinski definition) is 3. The van der Waals surface area contributed by atoms with Crippen molar-refractivity contribution in [2.24, 2.45) is 0 Å². The summed E-state index contributed by atoms with van der Waals surface area (Å²) in [6.45, 7) is 1.26. The topological polar surface area (TPSA) is 38.0 Å². The summed E-state index contributed by atoms with van der Waals surface area (Å²) in [5.41, 5.74) is 0.381. The zero-order valence-corrected chi connectivity index (χ0v) is 16.3. The van der Waals surface area contributed by atoms with Gasteiger partial charge >= 0.3 is 6.18 Å². The van der Waals surface area contributed by atoms with Gasteiger partial charge in [-0.1, -0.05) is 48.0 Å². The molecule has 0 radical (unpaired) electrons. The molecular weight excluding hydrogens is 409 g/mol. The van der Waals surface area contributed by atoms with Crippen molar-refractivity contribution < 1.29 is 18.3 Å². The number of nitrogens with zero attached hydrogens (tertiary/aromatic N) is 2. The summed E-state index contributed by atoms with van der Waals surface area (Å²) in [5.74, 6) is 0. The second kappa shape index (κ2) is 8.34. The van der Waals surface area contributed by atoms with E-state index in [9.17, 15) is 18.3 Å². The van der Waals surface area contributed by atoms with Crippen LogP contribution in [-0.4, -0.2) is 21.5 Å². The lowest BCUT2D eigenvalue weighted by Crippen LogP contribution is -2.08. The Morgan fingerprint density at radius 1 is 1.18 bits per heavy atom. The highest BCUT2D eigenvalue weighted by atomic mass is 35.5. The van der Waals surface area contributed by atoms with E-state index in [4.69, 9.17) is 11.6 Å². The van der Waals surface area contributed by atoms with E-state index in [-0.39, 0.29) is 23.0 Å². The van der Waals surface area contributed by atoms with Gasteiger partial charge in [-0.15, -0.1) is 11.3 Å². The van der Waals surface area contributed by atoms with E-state index in [1.165, 1.54) is 23.5 Å². The third-order valence-electron chi connectivity index (χ3n) is 3.93. The van der Waals surface area contributed by atoms with E-state index in [1.807, 2.05) is 36.4 Å². The summed E-state index contributed by atoms with van der Waals surface area (Å²) in [4.78, 5) is 1.52. The molecule has 0 unspecified atom stereocenters. The van der Waals surface area contributed by atoms with E-state index in [0.717, 1.165) is 21.2 Å². The quantitative estimate of drug-likeness (QED) is 0.490. The molecule has 0 saturated heterocycles. The van der Waals surface area contributed by atoms with Crippen LogP contribution in [0.15, 0.2) is 65.7 Å². The predicted octanol–water partition coefficient (Wildman–Crippen LogP) is 6.27. The minimum Gasteiger partial charge on any atom is -0.392 e. The van der Waals surface area contributed by atoms with Crippen LogP contribution in [0.3, 0.4) is 0 Å². The number of halogens is 4. The number of aliphatic hydroxyl groups excluding tert-OH is 1. The third kappa shape index (κ3) is 4.22. The van der Waals surface area contributed by atoms with Gasteiger partial charge < -0.3 is 5.11 Å². The number of rotatable bonds is 5. The molecule has 146 valence electrons. The Kier molecular flexibility index (Phi) is 6.07. The third-order valence-corrected chi connectivity index (χ3v) is 5.50. The number of aromatic nitrogens is 2. The first-order valence-electron chi connectivity index (χ1n) is 8.31. The highest BCUT2D eigenvalue weighted by molar-refractivity contribution is 7.18. The second-order valence-electron chi connectivity index (χ2n) is 5.76. The standard InChI is InChI=1S/C20H16ClF3N2OS/c1-2-14(21)15(10-11-27)26-16(12-19(25-26)20(22,23)24)18-9-8-17(28-18)13-6-4-3-5-7-13/h2-10,12,27H,11H2,1H3/b14-2+,15-10+. The molecule has 1 N–H and O–H groups in total. The van der Waals surface area contributed by atoms with Crippen LogP contribution in [0.1, 0.15) is 12.6 Å². The largest absolute Gasteiger partial charge is 0.435 e. The van der Waals surface area contributed by atoms with Gasteiger partial charge in [-0.25, -0.2) is 4.68 Å². The molecule has 0 aliphatic heterocycles. The summed E-state index contributed by atoms with van der Waals surface area (Å²) in [5, 5.41) is 13.2. The maximum Gasteiger partial charge on any atom is 0.435 e. The van der Waals surface area contributed by atoms with Crippen LogP contribution in [0.5, 0.6) is 0 Å². The van der Waals surface area contributed by atoms with Crippen LogP contribution >= 0.6 is 22.9 Å². The highest BCUT2D eigenvalue weighted by Crippen LogP contribution is 2.39. The molecule has 0 aliphatic rings. The fourth-order valence-corrected chi connectivity index (χ4v) is 3.80. The maximum absolute atomic E-state index is 13.3. The van der Waals surface area contributed by atoms with Gasteiger partial charge in [0.05, 0.1) is 27.9 Å². The van der Waals surface area contributed by atoms with E-state index in [1.54, 1.807) is 13.0 Å². The van der Waals surface area contributed by atoms with Crippen LogP contribution < -0.4 is 0 Å². The number of aliphatic hydroxyl groups is 1. The molecule has 2 aromatic heterocycles. The van der Waals surface area contributed by atoms with E-state index in [0.29, 0.717) is 4.88 Å². The van der Waals surface area contributed by atoms with Crippen molar-refractivity contribution in [3.05, 3.63) is 71.4 Å². The summed E-state index contributed by atoms with van der Waals surface area (Å²) in [6.07, 6.45) is -1.75. The van der Waals surface area contributed by atoms with Gasteiger partial charge in [0.25, 0.3) is 0 Å². The van der Waals surface area contributed by atoms with Crippen molar-refractivity contribution in [1.82, 2.24) is 9.78 Å². The predicted molar refractivity (Wildman–Crippen MR) is 107 cm³/mol. The van der Waals surface area contributed by atoms with Crippen molar-refractivity contribution in [2.45, 2.75) is 13.1 Å². The molecule has 3 aromatic rings. The van der Waals surface area contributed by atoms with E-state index in [2.05, 4.69) is 5.10 Å². The minimum atomic E-state index is -4.60. The molecule has 0 aliphatic carbocycles. The molecular formula is C20H16ClF3N2OS. The minimum absolute atomic E-state index is 0.187. The first kappa shape index (κ1) is 20.4. The first-order chi connectivity index (χ1) is 13.3. The van der Waals surface area contributed by atoms with Crippen LogP contribution in [-0.2, 0) is 6.18 Å². The van der Waals surface area contributed by atoms with Crippen LogP contribution in [0.2, 0.25) is 0 Å². The lowest BCUT2D eigenvalue weighted by molar-refractivity contribution is -0.141. The van der Waals surface area contributed by atoms with Crippen molar-refractivity contribution >= 4 is 28.6 Å². The Balaban J connectivity index is 2.16. The molecule has 0 atom stereocenters. The molecule has 0 spiro atoms. The Morgan fingerprint density at radius 3 is 2.46 bits per heavy atom. The molecule has 3 nitrogen and oxygen atoms in total. The summed E-state index contributed by atoms with van der Waals surface area (Å²) >= 11 is 7.52. The Bertz CT molecular complexity index is 1020. The molecule has 0 amide bonds. The van der Waals surface area contributed by atoms with Gasteiger partial charge in [0.1, 0.15) is 0 Å². The zero-order chi connectivity index (χ0) is 20.3. The van der Waals surface area contributed by atoms with Crippen molar-refractivity contribution in [1.29, 1.82) is 0 Å². The van der Waals surface area contributed by atoms with Crippen molar-refractivity contribution in [3.63, 3.8) is 0 Å². The van der Waals surface area contributed by atoms with E-state index >= 15 is 0 Å². The first-order valence-corrected chi connectivity index (χ1v) is 9.51. The van der Waals surface area contributed by atoms with Gasteiger partial charge in [-0.05, 0) is 36.8 Å². The number of thiophene rings is 1. The van der Waals surface area contributed by atoms with Gasteiger partial charge in [0.15, 0.2) is 5.69 Å². The van der Waals surface area contributed by atoms with Gasteiger partial charge in [0, 0.05) is 4.88 Å². The monoisotopic (exact) mass is 424 g/mol. The SMILES string of the molecule is C/C=C(Cl)\C(=C/CO)n1nc(C(F)(F)F)cc1-c1ccc(-c2ccccc2)s1. The molecule has 1 aromatic carbocycles. The second-order valence-corrected chi connectivity index (χ2v) is 7.25. The van der Waals surface area contributed by atoms with Crippen molar-refractivity contribution in [2.75, 3.05) is 6.61 Å². The van der Waals surface area contributed by atoms with Gasteiger partial charge in [-0.3, -0.25) is 0 Å². The summed E-state index contributed by atoms with van der Waals surface area (Å²) in [7, 11) is 0. The highest BCUT2D eigenvalue weighted by Gasteiger charge is 2.36. The molecule has 0 fully saturated rings. The molecule has 8 heteroatoms. The molecule has 28 heavy (non-hydrogen) atoms. The fourth-order valence-electron chi connectivity index (χ4n) is 2.63. The average molecular weight is 425 g/mol. The molecule has 0 bridgehead atoms. The smallest absolute Gasteiger partial charge is 0.392 e. The van der Waals surface area contributed by atoms with Crippen LogP contribution in [0, 0.1) is 0 Å². The maximum atomic E-state index is 13.3. The van der Waals surface area contributed by atoms with Crippen LogP contribution in [0.25, 0.3) is 26.7 Å². The number of benzene rings is 1. The Labute approximate surface area is 169 Å². The summed E-state index contributed by atoms with van der Waals surface area (Å²) < 4.78 is 41.1. The molecule has 2 heterocycles.